The predicted molar refractivity (Wildman–Crippen MR) is 174 cm³/mol. The number of morpholine rings is 1. The Morgan fingerprint density at radius 2 is 1.80 bits per heavy atom. The van der Waals surface area contributed by atoms with Gasteiger partial charge in [-0.15, -0.1) is 0 Å². The van der Waals surface area contributed by atoms with Crippen molar-refractivity contribution >= 4 is 67.9 Å². The Bertz CT molecular complexity index is 1630. The number of carbonyl (C=O) groups is 3. The summed E-state index contributed by atoms with van der Waals surface area (Å²) >= 11 is 4.25. The molecular formula is C31H29BrN4O8S. The fraction of sp³-hybridized carbons (Fsp3) is 0.258. The third kappa shape index (κ3) is 8.01. The van der Waals surface area contributed by atoms with Crippen molar-refractivity contribution in [1.82, 2.24) is 4.90 Å². The smallest absolute Gasteiger partial charge is 0.294 e. The molecule has 0 aliphatic carbocycles. The number of benzene rings is 3. The third-order valence-corrected chi connectivity index (χ3v) is 8.36. The van der Waals surface area contributed by atoms with Crippen molar-refractivity contribution in [3.63, 3.8) is 0 Å². The van der Waals surface area contributed by atoms with E-state index in [0.29, 0.717) is 47.0 Å². The Hall–Kier alpha value is -4.40. The monoisotopic (exact) mass is 696 g/mol. The molecule has 2 heterocycles. The zero-order valence-electron chi connectivity index (χ0n) is 24.2. The summed E-state index contributed by atoms with van der Waals surface area (Å²) in [6.07, 6.45) is 1.56. The van der Waals surface area contributed by atoms with Crippen LogP contribution in [0.1, 0.15) is 18.1 Å². The lowest BCUT2D eigenvalue weighted by atomic mass is 10.1. The number of halogens is 1. The van der Waals surface area contributed by atoms with Gasteiger partial charge in [0.2, 0.25) is 5.91 Å². The van der Waals surface area contributed by atoms with Crippen molar-refractivity contribution in [3.05, 3.63) is 91.3 Å². The van der Waals surface area contributed by atoms with Gasteiger partial charge in [0.1, 0.15) is 13.2 Å². The fourth-order valence-electron chi connectivity index (χ4n) is 4.65. The number of nitro benzene ring substituents is 1. The average Bonchev–Trinajstić information content (AvgIpc) is 3.28. The van der Waals surface area contributed by atoms with Crippen molar-refractivity contribution in [2.45, 2.75) is 13.5 Å². The maximum absolute atomic E-state index is 13.1. The number of anilines is 2. The lowest BCUT2D eigenvalue weighted by molar-refractivity contribution is -0.384. The first-order chi connectivity index (χ1) is 21.7. The van der Waals surface area contributed by atoms with Crippen molar-refractivity contribution in [2.24, 2.45) is 0 Å². The second-order valence-corrected chi connectivity index (χ2v) is 11.8. The number of imide groups is 1. The first kappa shape index (κ1) is 32.0. The lowest BCUT2D eigenvalue weighted by Gasteiger charge is -2.28. The lowest BCUT2D eigenvalue weighted by Crippen LogP contribution is -2.36. The maximum Gasteiger partial charge on any atom is 0.294 e. The van der Waals surface area contributed by atoms with Crippen molar-refractivity contribution in [1.29, 1.82) is 0 Å². The second-order valence-electron chi connectivity index (χ2n) is 9.94. The van der Waals surface area contributed by atoms with Gasteiger partial charge in [0.15, 0.2) is 11.5 Å². The molecule has 5 rings (SSSR count). The molecule has 2 saturated heterocycles. The number of ether oxygens (including phenoxy) is 3. The molecule has 234 valence electrons. The molecule has 2 aliphatic rings. The topological polar surface area (TPSA) is 141 Å². The van der Waals surface area contributed by atoms with Crippen LogP contribution in [0.4, 0.5) is 21.9 Å². The van der Waals surface area contributed by atoms with Gasteiger partial charge in [0, 0.05) is 36.6 Å². The number of hydrogen-bond donors (Lipinski definition) is 1. The predicted octanol–water partition coefficient (Wildman–Crippen LogP) is 5.85. The van der Waals surface area contributed by atoms with Crippen LogP contribution < -0.4 is 19.7 Å². The molecule has 0 radical (unpaired) electrons. The van der Waals surface area contributed by atoms with Crippen LogP contribution in [0.2, 0.25) is 0 Å². The standard InChI is InChI=1S/C31H29BrN4O8S/c1-2-43-26-16-21(15-25(32)29(26)44-19-20-3-7-24(8-4-20)36(40)41)17-27-30(38)35(31(39)45-27)18-28(37)33-22-5-9-23(10-6-22)34-11-13-42-14-12-34/h3-10,15-17H,2,11-14,18-19H2,1H3,(H,33,37)/b27-17+. The summed E-state index contributed by atoms with van der Waals surface area (Å²) in [5, 5.41) is 13.1. The number of thioether (sulfide) groups is 1. The molecule has 3 amide bonds. The molecular weight excluding hydrogens is 668 g/mol. The Labute approximate surface area is 271 Å². The van der Waals surface area contributed by atoms with E-state index in [1.165, 1.54) is 12.1 Å². The number of nitro groups is 1. The van der Waals surface area contributed by atoms with Gasteiger partial charge in [-0.2, -0.15) is 0 Å². The fourth-order valence-corrected chi connectivity index (χ4v) is 6.07. The molecule has 45 heavy (non-hydrogen) atoms. The van der Waals surface area contributed by atoms with Crippen LogP contribution in [0.5, 0.6) is 11.5 Å². The first-order valence-electron chi connectivity index (χ1n) is 14.0. The van der Waals surface area contributed by atoms with Crippen LogP contribution in [-0.2, 0) is 20.9 Å². The van der Waals surface area contributed by atoms with Gasteiger partial charge >= 0.3 is 0 Å². The van der Waals surface area contributed by atoms with E-state index >= 15 is 0 Å². The molecule has 0 bridgehead atoms. The summed E-state index contributed by atoms with van der Waals surface area (Å²) in [5.41, 5.74) is 2.86. The summed E-state index contributed by atoms with van der Waals surface area (Å²) in [4.78, 5) is 52.3. The van der Waals surface area contributed by atoms with E-state index in [2.05, 4.69) is 26.1 Å². The number of nitrogens with one attached hydrogen (secondary N) is 1. The number of amides is 3. The van der Waals surface area contributed by atoms with Crippen molar-refractivity contribution < 1.29 is 33.5 Å². The Morgan fingerprint density at radius 3 is 2.47 bits per heavy atom. The highest BCUT2D eigenvalue weighted by Crippen LogP contribution is 2.40. The zero-order chi connectivity index (χ0) is 31.9. The summed E-state index contributed by atoms with van der Waals surface area (Å²) < 4.78 is 17.7. The van der Waals surface area contributed by atoms with Gasteiger partial charge in [-0.25, -0.2) is 0 Å². The van der Waals surface area contributed by atoms with Gasteiger partial charge in [0.05, 0.1) is 34.1 Å². The summed E-state index contributed by atoms with van der Waals surface area (Å²) in [6, 6.07) is 16.8. The van der Waals surface area contributed by atoms with Crippen LogP contribution in [0.15, 0.2) is 70.0 Å². The van der Waals surface area contributed by atoms with Crippen LogP contribution in [0.25, 0.3) is 6.08 Å². The SMILES string of the molecule is CCOc1cc(/C=C2/SC(=O)N(CC(=O)Nc3ccc(N4CCOCC4)cc3)C2=O)cc(Br)c1OCc1ccc([N+](=O)[O-])cc1. The molecule has 3 aromatic rings. The molecule has 0 saturated carbocycles. The van der Waals surface area contributed by atoms with E-state index in [0.717, 1.165) is 41.0 Å². The normalized spacial score (nSPS) is 15.8. The van der Waals surface area contributed by atoms with Crippen LogP contribution in [0, 0.1) is 10.1 Å². The van der Waals surface area contributed by atoms with Crippen LogP contribution >= 0.6 is 27.7 Å². The highest BCUT2D eigenvalue weighted by atomic mass is 79.9. The van der Waals surface area contributed by atoms with Gasteiger partial charge < -0.3 is 24.4 Å². The van der Waals surface area contributed by atoms with Gasteiger partial charge in [0.25, 0.3) is 16.8 Å². The number of rotatable bonds is 11. The second kappa shape index (κ2) is 14.6. The summed E-state index contributed by atoms with van der Waals surface area (Å²) in [6.45, 7) is 4.80. The molecule has 12 nitrogen and oxygen atoms in total. The zero-order valence-corrected chi connectivity index (χ0v) is 26.6. The molecule has 0 unspecified atom stereocenters. The highest BCUT2D eigenvalue weighted by molar-refractivity contribution is 9.10. The maximum atomic E-state index is 13.1. The van der Waals surface area contributed by atoms with E-state index in [1.54, 1.807) is 42.5 Å². The third-order valence-electron chi connectivity index (χ3n) is 6.86. The van der Waals surface area contributed by atoms with Crippen LogP contribution in [0.3, 0.4) is 0 Å². The number of nitrogens with zero attached hydrogens (tertiary/aromatic N) is 3. The van der Waals surface area contributed by atoms with E-state index in [4.69, 9.17) is 14.2 Å². The average molecular weight is 698 g/mol. The molecule has 0 aromatic heterocycles. The molecule has 2 fully saturated rings. The van der Waals surface area contributed by atoms with E-state index in [9.17, 15) is 24.5 Å². The molecule has 0 spiro atoms. The molecule has 0 atom stereocenters. The van der Waals surface area contributed by atoms with E-state index in [-0.39, 0.29) is 17.2 Å². The minimum Gasteiger partial charge on any atom is -0.490 e. The minimum atomic E-state index is -0.574. The summed E-state index contributed by atoms with van der Waals surface area (Å²) in [5.74, 6) is -0.252. The van der Waals surface area contributed by atoms with Gasteiger partial charge in [-0.3, -0.25) is 29.4 Å². The summed E-state index contributed by atoms with van der Waals surface area (Å²) in [7, 11) is 0. The van der Waals surface area contributed by atoms with Crippen molar-refractivity contribution in [3.8, 4) is 11.5 Å². The number of non-ortho nitro benzene ring substituents is 1. The van der Waals surface area contributed by atoms with Gasteiger partial charge in [-0.1, -0.05) is 0 Å². The largest absolute Gasteiger partial charge is 0.490 e. The Balaban J connectivity index is 1.23. The molecule has 3 aromatic carbocycles. The quantitative estimate of drug-likeness (QED) is 0.148. The van der Waals surface area contributed by atoms with E-state index in [1.807, 2.05) is 19.1 Å². The van der Waals surface area contributed by atoms with Crippen molar-refractivity contribution in [2.75, 3.05) is 49.7 Å². The Kier molecular flexibility index (Phi) is 10.4. The number of carbonyl (C=O) groups excluding carboxylic acids is 3. The highest BCUT2D eigenvalue weighted by Gasteiger charge is 2.36. The van der Waals surface area contributed by atoms with E-state index < -0.39 is 28.5 Å². The number of hydrogen-bond acceptors (Lipinski definition) is 10. The minimum absolute atomic E-state index is 0.0151. The first-order valence-corrected chi connectivity index (χ1v) is 15.6. The Morgan fingerprint density at radius 1 is 1.09 bits per heavy atom. The van der Waals surface area contributed by atoms with Crippen LogP contribution in [-0.4, -0.2) is 66.3 Å². The molecule has 2 aliphatic heterocycles. The van der Waals surface area contributed by atoms with Gasteiger partial charge in [-0.05, 0) is 100 Å². The molecule has 14 heteroatoms. The molecule has 1 N–H and O–H groups in total.